The van der Waals surface area contributed by atoms with Gasteiger partial charge in [0.1, 0.15) is 0 Å². The van der Waals surface area contributed by atoms with Gasteiger partial charge in [-0.2, -0.15) is 0 Å². The number of ether oxygens (including phenoxy) is 1. The van der Waals surface area contributed by atoms with E-state index in [1.807, 2.05) is 11.4 Å². The van der Waals surface area contributed by atoms with Crippen molar-refractivity contribution in [1.29, 1.82) is 0 Å². The largest absolute Gasteiger partial charge is 0.377 e. The van der Waals surface area contributed by atoms with Crippen LogP contribution in [0.15, 0.2) is 46.7 Å². The summed E-state index contributed by atoms with van der Waals surface area (Å²) in [5, 5.41) is 9.91. The second-order valence-corrected chi connectivity index (χ2v) is 9.10. The Hall–Kier alpha value is -1.78. The predicted octanol–water partition coefficient (Wildman–Crippen LogP) is 2.02. The van der Waals surface area contributed by atoms with Crippen LogP contribution in [0.4, 0.5) is 5.69 Å². The number of nitrogens with one attached hydrogen (secondary N) is 1. The quantitative estimate of drug-likeness (QED) is 0.694. The summed E-state index contributed by atoms with van der Waals surface area (Å²) in [6.07, 6.45) is 2.23. The summed E-state index contributed by atoms with van der Waals surface area (Å²) < 4.78 is 28.3. The van der Waals surface area contributed by atoms with Gasteiger partial charge in [-0.3, -0.25) is 9.69 Å². The number of rotatable bonds is 8. The molecule has 1 saturated heterocycles. The smallest absolute Gasteiger partial charge is 0.238 e. The molecule has 1 aromatic heterocycles. The zero-order valence-electron chi connectivity index (χ0n) is 14.8. The molecule has 0 saturated carbocycles. The second-order valence-electron chi connectivity index (χ2n) is 6.50. The summed E-state index contributed by atoms with van der Waals surface area (Å²) >= 11 is 1.66. The fraction of sp³-hybridized carbons (Fsp3) is 0.389. The van der Waals surface area contributed by atoms with Crippen molar-refractivity contribution in [3.63, 3.8) is 0 Å². The molecule has 1 aliphatic heterocycles. The molecule has 9 heteroatoms. The van der Waals surface area contributed by atoms with E-state index in [0.717, 1.165) is 19.4 Å². The monoisotopic (exact) mass is 409 g/mol. The summed E-state index contributed by atoms with van der Waals surface area (Å²) in [6, 6.07) is 9.86. The first-order chi connectivity index (χ1) is 12.9. The van der Waals surface area contributed by atoms with Crippen molar-refractivity contribution in [3.05, 3.63) is 46.7 Å². The number of anilines is 1. The summed E-state index contributed by atoms with van der Waals surface area (Å²) in [5.41, 5.74) is 0.528. The lowest BCUT2D eigenvalue weighted by atomic mass is 10.2. The molecule has 1 amide bonds. The van der Waals surface area contributed by atoms with Crippen LogP contribution in [-0.2, 0) is 26.1 Å². The molecule has 0 bridgehead atoms. The van der Waals surface area contributed by atoms with Gasteiger partial charge >= 0.3 is 0 Å². The Balaban J connectivity index is 1.60. The fourth-order valence-corrected chi connectivity index (χ4v) is 4.28. The lowest BCUT2D eigenvalue weighted by molar-refractivity contribution is -0.117. The number of carbonyl (C=O) groups excluding carboxylic acids is 1. The van der Waals surface area contributed by atoms with Crippen LogP contribution in [0, 0.1) is 0 Å². The number of nitrogens with two attached hydrogens (primary N) is 1. The first-order valence-corrected chi connectivity index (χ1v) is 11.1. The standard InChI is InChI=1S/C18H23N3O4S2/c19-27(23,24)17-7-5-14(6-8-17)20-18(22)13-21(11-15-3-1-9-25-15)12-16-4-2-10-26-16/h2,4-8,10,15H,1,3,9,11-13H2,(H,20,22)(H2,19,23,24)/t15-/m1/s1. The molecule has 0 spiro atoms. The van der Waals surface area contributed by atoms with Crippen molar-refractivity contribution in [1.82, 2.24) is 4.90 Å². The van der Waals surface area contributed by atoms with Gasteiger partial charge in [0, 0.05) is 30.3 Å². The van der Waals surface area contributed by atoms with Gasteiger partial charge in [0.25, 0.3) is 0 Å². The molecule has 0 unspecified atom stereocenters. The van der Waals surface area contributed by atoms with Crippen molar-refractivity contribution in [3.8, 4) is 0 Å². The van der Waals surface area contributed by atoms with E-state index in [1.54, 1.807) is 11.3 Å². The van der Waals surface area contributed by atoms with Crippen molar-refractivity contribution in [2.24, 2.45) is 5.14 Å². The van der Waals surface area contributed by atoms with Gasteiger partial charge in [0.2, 0.25) is 15.9 Å². The number of hydrogen-bond acceptors (Lipinski definition) is 6. The van der Waals surface area contributed by atoms with Crippen LogP contribution in [0.25, 0.3) is 0 Å². The zero-order valence-corrected chi connectivity index (χ0v) is 16.5. The normalized spacial score (nSPS) is 17.3. The number of nitrogens with zero attached hydrogens (tertiary/aromatic N) is 1. The average molecular weight is 410 g/mol. The molecule has 0 aliphatic carbocycles. The van der Waals surface area contributed by atoms with Gasteiger partial charge in [-0.05, 0) is 48.6 Å². The number of amides is 1. The van der Waals surface area contributed by atoms with Crippen molar-refractivity contribution >= 4 is 33.0 Å². The van der Waals surface area contributed by atoms with Gasteiger partial charge < -0.3 is 10.1 Å². The Morgan fingerprint density at radius 2 is 2.07 bits per heavy atom. The minimum Gasteiger partial charge on any atom is -0.377 e. The number of sulfonamides is 1. The third kappa shape index (κ3) is 6.12. The molecule has 1 aromatic carbocycles. The van der Waals surface area contributed by atoms with Crippen LogP contribution in [0.5, 0.6) is 0 Å². The van der Waals surface area contributed by atoms with Gasteiger partial charge in [0.05, 0.1) is 17.5 Å². The second kappa shape index (κ2) is 8.94. The van der Waals surface area contributed by atoms with E-state index in [9.17, 15) is 13.2 Å². The number of hydrogen-bond donors (Lipinski definition) is 2. The van der Waals surface area contributed by atoms with Gasteiger partial charge in [-0.15, -0.1) is 11.3 Å². The Kier molecular flexibility index (Phi) is 6.61. The minimum absolute atomic E-state index is 0.0122. The van der Waals surface area contributed by atoms with Crippen molar-refractivity contribution in [2.45, 2.75) is 30.4 Å². The third-order valence-corrected chi connectivity index (χ3v) is 6.07. The Bertz CT molecular complexity index is 845. The van der Waals surface area contributed by atoms with Crippen LogP contribution in [0.3, 0.4) is 0 Å². The molecule has 3 N–H and O–H groups in total. The van der Waals surface area contributed by atoms with E-state index < -0.39 is 10.0 Å². The Morgan fingerprint density at radius 3 is 2.67 bits per heavy atom. The lowest BCUT2D eigenvalue weighted by Gasteiger charge is -2.24. The summed E-state index contributed by atoms with van der Waals surface area (Å²) in [4.78, 5) is 15.8. The molecule has 27 heavy (non-hydrogen) atoms. The first-order valence-electron chi connectivity index (χ1n) is 8.69. The Morgan fingerprint density at radius 1 is 1.30 bits per heavy atom. The fourth-order valence-electron chi connectivity index (χ4n) is 3.02. The molecular weight excluding hydrogens is 386 g/mol. The van der Waals surface area contributed by atoms with Crippen LogP contribution in [0.1, 0.15) is 17.7 Å². The molecule has 3 rings (SSSR count). The number of primary sulfonamides is 1. The molecule has 146 valence electrons. The summed E-state index contributed by atoms with van der Waals surface area (Å²) in [5.74, 6) is -0.159. The van der Waals surface area contributed by atoms with E-state index in [1.165, 1.54) is 29.1 Å². The van der Waals surface area contributed by atoms with E-state index >= 15 is 0 Å². The molecule has 1 atom stereocenters. The van der Waals surface area contributed by atoms with Crippen molar-refractivity contribution in [2.75, 3.05) is 25.0 Å². The third-order valence-electron chi connectivity index (χ3n) is 4.28. The maximum atomic E-state index is 12.5. The maximum Gasteiger partial charge on any atom is 0.238 e. The van der Waals surface area contributed by atoms with E-state index in [-0.39, 0.29) is 23.5 Å². The zero-order chi connectivity index (χ0) is 19.3. The average Bonchev–Trinajstić information content (AvgIpc) is 3.28. The number of carbonyl (C=O) groups is 1. The van der Waals surface area contributed by atoms with Crippen LogP contribution < -0.4 is 10.5 Å². The predicted molar refractivity (Wildman–Crippen MR) is 105 cm³/mol. The summed E-state index contributed by atoms with van der Waals surface area (Å²) in [7, 11) is -3.74. The molecule has 7 nitrogen and oxygen atoms in total. The highest BCUT2D eigenvalue weighted by Gasteiger charge is 2.21. The van der Waals surface area contributed by atoms with Gasteiger partial charge in [-0.25, -0.2) is 13.6 Å². The highest BCUT2D eigenvalue weighted by molar-refractivity contribution is 7.89. The molecule has 1 fully saturated rings. The molecule has 2 aromatic rings. The van der Waals surface area contributed by atoms with Crippen LogP contribution >= 0.6 is 11.3 Å². The van der Waals surface area contributed by atoms with Crippen molar-refractivity contribution < 1.29 is 17.9 Å². The van der Waals surface area contributed by atoms with Crippen LogP contribution in [0.2, 0.25) is 0 Å². The van der Waals surface area contributed by atoms with E-state index in [2.05, 4.69) is 16.3 Å². The molecule has 2 heterocycles. The molecule has 1 aliphatic rings. The van der Waals surface area contributed by atoms with E-state index in [4.69, 9.17) is 9.88 Å². The molecule has 0 radical (unpaired) electrons. The minimum atomic E-state index is -3.74. The first kappa shape index (κ1) is 20.0. The Labute approximate surface area is 163 Å². The van der Waals surface area contributed by atoms with Gasteiger partial charge in [-0.1, -0.05) is 6.07 Å². The van der Waals surface area contributed by atoms with E-state index in [0.29, 0.717) is 18.8 Å². The number of benzene rings is 1. The van der Waals surface area contributed by atoms with Crippen LogP contribution in [-0.4, -0.2) is 45.0 Å². The molecular formula is C18H23N3O4S2. The SMILES string of the molecule is NS(=O)(=O)c1ccc(NC(=O)CN(Cc2cccs2)C[C@H]2CCCO2)cc1. The highest BCUT2D eigenvalue weighted by atomic mass is 32.2. The van der Waals surface area contributed by atoms with Gasteiger partial charge in [0.15, 0.2) is 0 Å². The number of thiophene rings is 1. The highest BCUT2D eigenvalue weighted by Crippen LogP contribution is 2.18. The topological polar surface area (TPSA) is 102 Å². The summed E-state index contributed by atoms with van der Waals surface area (Å²) in [6.45, 7) is 2.40. The lowest BCUT2D eigenvalue weighted by Crippen LogP contribution is -2.37. The maximum absolute atomic E-state index is 12.5.